The number of hydrogen-bond acceptors (Lipinski definition) is 9. The van der Waals surface area contributed by atoms with Gasteiger partial charge in [-0.15, -0.1) is 5.92 Å². The third kappa shape index (κ3) is 13.2. The molecule has 1 unspecified atom stereocenters. The summed E-state index contributed by atoms with van der Waals surface area (Å²) in [6.45, 7) is 1.41. The van der Waals surface area contributed by atoms with Crippen LogP contribution >= 0.6 is 0 Å². The van der Waals surface area contributed by atoms with Gasteiger partial charge >= 0.3 is 11.9 Å². The molecule has 0 bridgehead atoms. The topological polar surface area (TPSA) is 133 Å². The van der Waals surface area contributed by atoms with Gasteiger partial charge in [0, 0.05) is 32.6 Å². The first-order valence-electron chi connectivity index (χ1n) is 10.9. The van der Waals surface area contributed by atoms with Crippen LogP contribution in [0.15, 0.2) is 29.2 Å². The molecule has 0 aromatic heterocycles. The van der Waals surface area contributed by atoms with Crippen LogP contribution in [0.25, 0.3) is 0 Å². The maximum Gasteiger partial charge on any atom is 0.305 e. The monoisotopic (exact) mass is 531 g/mol. The zero-order valence-electron chi connectivity index (χ0n) is 20.5. The molecule has 0 saturated heterocycles. The fraction of sp³-hybridized carbons (Fsp3) is 0.565. The summed E-state index contributed by atoms with van der Waals surface area (Å²) in [5.74, 6) is 5.13. The number of benzene rings is 1. The quantitative estimate of drug-likeness (QED) is 0.200. The van der Waals surface area contributed by atoms with Crippen molar-refractivity contribution in [2.45, 2.75) is 50.0 Å². The average Bonchev–Trinajstić information content (AvgIpc) is 2.76. The van der Waals surface area contributed by atoms with Crippen LogP contribution in [0.4, 0.5) is 0 Å². The first-order chi connectivity index (χ1) is 16.3. The van der Waals surface area contributed by atoms with Crippen molar-refractivity contribution in [3.8, 4) is 17.6 Å². The van der Waals surface area contributed by atoms with E-state index in [1.807, 2.05) is 0 Å². The highest BCUT2D eigenvalue weighted by atomic mass is 32.2. The summed E-state index contributed by atoms with van der Waals surface area (Å²) in [6, 6.07) is 5.98. The van der Waals surface area contributed by atoms with Gasteiger partial charge < -0.3 is 14.2 Å². The van der Waals surface area contributed by atoms with Crippen molar-refractivity contribution in [1.29, 1.82) is 0 Å². The van der Waals surface area contributed by atoms with Gasteiger partial charge in [-0.25, -0.2) is 16.8 Å². The van der Waals surface area contributed by atoms with E-state index in [9.17, 15) is 26.4 Å². The minimum atomic E-state index is -3.51. The maximum atomic E-state index is 12.1. The number of sulfone groups is 1. The molecule has 1 aromatic rings. The SMILES string of the molecule is COC(=O)CCCC#CCN(CCCC(COc1cccc(S(C)(=O)=O)c1)OC(C)=O)S(C)(=O)=O. The zero-order valence-corrected chi connectivity index (χ0v) is 22.1. The predicted octanol–water partition coefficient (Wildman–Crippen LogP) is 1.79. The van der Waals surface area contributed by atoms with E-state index in [2.05, 4.69) is 16.6 Å². The Morgan fingerprint density at radius 2 is 1.80 bits per heavy atom. The Morgan fingerprint density at radius 3 is 2.40 bits per heavy atom. The van der Waals surface area contributed by atoms with Gasteiger partial charge in [0.05, 0.1) is 24.8 Å². The number of sulfonamides is 1. The van der Waals surface area contributed by atoms with Crippen molar-refractivity contribution in [1.82, 2.24) is 4.31 Å². The number of rotatable bonds is 14. The molecule has 0 N–H and O–H groups in total. The smallest absolute Gasteiger partial charge is 0.305 e. The zero-order chi connectivity index (χ0) is 26.5. The molecular weight excluding hydrogens is 498 g/mol. The lowest BCUT2D eigenvalue weighted by Crippen LogP contribution is -2.32. The number of nitrogens with zero attached hydrogens (tertiary/aromatic N) is 1. The number of methoxy groups -OCH3 is 1. The molecule has 0 amide bonds. The molecule has 0 aliphatic carbocycles. The van der Waals surface area contributed by atoms with Crippen molar-refractivity contribution in [3.63, 3.8) is 0 Å². The van der Waals surface area contributed by atoms with E-state index in [0.717, 1.165) is 12.5 Å². The van der Waals surface area contributed by atoms with Crippen LogP contribution in [0.5, 0.6) is 5.75 Å². The summed E-state index contributed by atoms with van der Waals surface area (Å²) >= 11 is 0. The Morgan fingerprint density at radius 1 is 1.09 bits per heavy atom. The van der Waals surface area contributed by atoms with E-state index in [-0.39, 0.29) is 37.0 Å². The summed E-state index contributed by atoms with van der Waals surface area (Å²) in [7, 11) is -5.60. The van der Waals surface area contributed by atoms with Crippen molar-refractivity contribution in [2.24, 2.45) is 0 Å². The Bertz CT molecular complexity index is 1120. The highest BCUT2D eigenvalue weighted by Crippen LogP contribution is 2.18. The molecule has 0 aliphatic rings. The summed E-state index contributed by atoms with van der Waals surface area (Å²) in [4.78, 5) is 22.7. The molecule has 0 spiro atoms. The van der Waals surface area contributed by atoms with E-state index < -0.39 is 31.9 Å². The fourth-order valence-corrected chi connectivity index (χ4v) is 4.32. The van der Waals surface area contributed by atoms with E-state index in [1.165, 1.54) is 30.5 Å². The molecule has 0 saturated carbocycles. The van der Waals surface area contributed by atoms with Gasteiger partial charge in [0.15, 0.2) is 9.84 Å². The van der Waals surface area contributed by atoms with E-state index in [4.69, 9.17) is 9.47 Å². The number of carbonyl (C=O) groups is 2. The summed E-state index contributed by atoms with van der Waals surface area (Å²) < 4.78 is 64.3. The van der Waals surface area contributed by atoms with Crippen LogP contribution < -0.4 is 4.74 Å². The third-order valence-corrected chi connectivity index (χ3v) is 7.06. The highest BCUT2D eigenvalue weighted by Gasteiger charge is 2.18. The van der Waals surface area contributed by atoms with Crippen LogP contribution in [0.3, 0.4) is 0 Å². The van der Waals surface area contributed by atoms with Gasteiger partial charge in [0.25, 0.3) is 0 Å². The Balaban J connectivity index is 2.65. The van der Waals surface area contributed by atoms with Gasteiger partial charge in [-0.05, 0) is 37.5 Å². The van der Waals surface area contributed by atoms with Crippen LogP contribution in [0, 0.1) is 11.8 Å². The number of hydrogen-bond donors (Lipinski definition) is 0. The number of ether oxygens (including phenoxy) is 3. The van der Waals surface area contributed by atoms with E-state index >= 15 is 0 Å². The Hall–Kier alpha value is -2.62. The predicted molar refractivity (Wildman–Crippen MR) is 130 cm³/mol. The highest BCUT2D eigenvalue weighted by molar-refractivity contribution is 7.90. The van der Waals surface area contributed by atoms with Gasteiger partial charge in [0.2, 0.25) is 10.0 Å². The molecule has 0 heterocycles. The van der Waals surface area contributed by atoms with Gasteiger partial charge in [-0.3, -0.25) is 9.59 Å². The third-order valence-electron chi connectivity index (χ3n) is 4.70. The van der Waals surface area contributed by atoms with Crippen LogP contribution in [0.1, 0.15) is 39.0 Å². The standard InChI is InChI=1S/C23H33NO9S2/c1-19(25)33-21(18-32-20-11-9-13-22(17-20)34(3,27)28)12-10-16-24(35(4,29)30)15-8-6-5-7-14-23(26)31-2/h9,11,13,17,21H,5,7,10,12,14-16,18H2,1-4H3. The molecule has 1 rings (SSSR count). The Kier molecular flexibility index (Phi) is 12.8. The molecule has 1 atom stereocenters. The van der Waals surface area contributed by atoms with Crippen LogP contribution in [-0.4, -0.2) is 78.5 Å². The second-order valence-electron chi connectivity index (χ2n) is 7.81. The number of esters is 2. The molecule has 12 heteroatoms. The lowest BCUT2D eigenvalue weighted by atomic mass is 10.2. The van der Waals surface area contributed by atoms with Gasteiger partial charge in [-0.1, -0.05) is 12.0 Å². The van der Waals surface area contributed by atoms with Crippen LogP contribution in [0.2, 0.25) is 0 Å². The normalized spacial score (nSPS) is 12.4. The first kappa shape index (κ1) is 30.4. The molecule has 0 fully saturated rings. The van der Waals surface area contributed by atoms with E-state index in [1.54, 1.807) is 12.1 Å². The molecule has 0 radical (unpaired) electrons. The van der Waals surface area contributed by atoms with Gasteiger partial charge in [0.1, 0.15) is 18.5 Å². The maximum absolute atomic E-state index is 12.1. The average molecular weight is 532 g/mol. The molecule has 0 aliphatic heterocycles. The van der Waals surface area contributed by atoms with E-state index in [0.29, 0.717) is 31.4 Å². The Labute approximate surface area is 207 Å². The minimum absolute atomic E-state index is 0.00404. The van der Waals surface area contributed by atoms with Crippen molar-refractivity contribution >= 4 is 31.8 Å². The molecule has 1 aromatic carbocycles. The summed E-state index contributed by atoms with van der Waals surface area (Å²) in [6.07, 6.45) is 3.45. The van der Waals surface area contributed by atoms with Crippen LogP contribution in [-0.2, 0) is 38.9 Å². The second kappa shape index (κ2) is 14.7. The number of carbonyl (C=O) groups excluding carboxylic acids is 2. The van der Waals surface area contributed by atoms with Crippen molar-refractivity contribution < 1.29 is 40.6 Å². The molecule has 35 heavy (non-hydrogen) atoms. The van der Waals surface area contributed by atoms with Crippen molar-refractivity contribution in [2.75, 3.05) is 39.3 Å². The minimum Gasteiger partial charge on any atom is -0.490 e. The molecule has 196 valence electrons. The van der Waals surface area contributed by atoms with Gasteiger partial charge in [-0.2, -0.15) is 4.31 Å². The lowest BCUT2D eigenvalue weighted by Gasteiger charge is -2.21. The molecule has 10 nitrogen and oxygen atoms in total. The summed E-state index contributed by atoms with van der Waals surface area (Å²) in [5, 5.41) is 0. The summed E-state index contributed by atoms with van der Waals surface area (Å²) in [5.41, 5.74) is 0. The largest absolute Gasteiger partial charge is 0.490 e. The molecular formula is C23H33NO9S2. The lowest BCUT2D eigenvalue weighted by molar-refractivity contribution is -0.148. The fourth-order valence-electron chi connectivity index (χ4n) is 2.91. The number of unbranched alkanes of at least 4 members (excludes halogenated alkanes) is 1. The second-order valence-corrected chi connectivity index (χ2v) is 11.8. The van der Waals surface area contributed by atoms with Crippen molar-refractivity contribution in [3.05, 3.63) is 24.3 Å². The first-order valence-corrected chi connectivity index (χ1v) is 14.6.